The van der Waals surface area contributed by atoms with E-state index in [2.05, 4.69) is 23.8 Å². The first-order valence-electron chi connectivity index (χ1n) is 5.72. The molecule has 4 nitrogen and oxygen atoms in total. The zero-order valence-electron chi connectivity index (χ0n) is 10.4. The van der Waals surface area contributed by atoms with Crippen LogP contribution < -0.4 is 5.73 Å². The van der Waals surface area contributed by atoms with E-state index >= 15 is 0 Å². The van der Waals surface area contributed by atoms with Gasteiger partial charge in [0.25, 0.3) is 0 Å². The predicted molar refractivity (Wildman–Crippen MR) is 68.0 cm³/mol. The van der Waals surface area contributed by atoms with Gasteiger partial charge in [0.1, 0.15) is 0 Å². The van der Waals surface area contributed by atoms with Gasteiger partial charge in [0.15, 0.2) is 5.88 Å². The first-order valence-corrected chi connectivity index (χ1v) is 5.72. The number of hydrogen-bond acceptors (Lipinski definition) is 4. The molecule has 0 fully saturated rings. The van der Waals surface area contributed by atoms with Crippen LogP contribution in [0.4, 0.5) is 0 Å². The van der Waals surface area contributed by atoms with Crippen LogP contribution in [0.2, 0.25) is 0 Å². The van der Waals surface area contributed by atoms with Crippen molar-refractivity contribution in [3.63, 3.8) is 0 Å². The molecule has 0 radical (unpaired) electrons. The molecular weight excluding hydrogens is 202 g/mol. The fraction of sp³-hybridized carbons (Fsp3) is 0.667. The molecule has 0 saturated heterocycles. The Kier molecular flexibility index (Phi) is 5.02. The Labute approximate surface area is 97.3 Å². The van der Waals surface area contributed by atoms with Crippen molar-refractivity contribution in [1.29, 1.82) is 0 Å². The molecule has 1 aliphatic heterocycles. The van der Waals surface area contributed by atoms with E-state index in [9.17, 15) is 0 Å². The Bertz CT molecular complexity index is 316. The van der Waals surface area contributed by atoms with Crippen molar-refractivity contribution in [2.45, 2.75) is 26.7 Å². The lowest BCUT2D eigenvalue weighted by molar-refractivity contribution is 0.286. The quantitative estimate of drug-likeness (QED) is 0.570. The lowest BCUT2D eigenvalue weighted by atomic mass is 10.1. The number of methoxy groups -OCH3 is 1. The summed E-state index contributed by atoms with van der Waals surface area (Å²) in [5.41, 5.74) is 7.67. The summed E-state index contributed by atoms with van der Waals surface area (Å²) < 4.78 is 5.07. The van der Waals surface area contributed by atoms with Gasteiger partial charge >= 0.3 is 0 Å². The Hall–Kier alpha value is -1.32. The number of nitrogens with two attached hydrogens (primary N) is 1. The first kappa shape index (κ1) is 12.7. The van der Waals surface area contributed by atoms with Crippen LogP contribution in [0.1, 0.15) is 26.7 Å². The molecule has 0 aromatic rings. The number of rotatable bonds is 5. The minimum absolute atomic E-state index is 0.410. The summed E-state index contributed by atoms with van der Waals surface area (Å²) in [5, 5.41) is 0. The molecule has 1 heterocycles. The fourth-order valence-corrected chi connectivity index (χ4v) is 1.50. The zero-order valence-corrected chi connectivity index (χ0v) is 10.4. The summed E-state index contributed by atoms with van der Waals surface area (Å²) >= 11 is 0. The van der Waals surface area contributed by atoms with E-state index in [0.717, 1.165) is 37.2 Å². The normalized spacial score (nSPS) is 17.9. The van der Waals surface area contributed by atoms with Crippen LogP contribution in [-0.2, 0) is 4.74 Å². The highest BCUT2D eigenvalue weighted by Crippen LogP contribution is 2.13. The Morgan fingerprint density at radius 3 is 2.88 bits per heavy atom. The van der Waals surface area contributed by atoms with Crippen LogP contribution >= 0.6 is 0 Å². The van der Waals surface area contributed by atoms with Crippen LogP contribution in [0.15, 0.2) is 21.4 Å². The second-order valence-corrected chi connectivity index (χ2v) is 4.30. The van der Waals surface area contributed by atoms with Gasteiger partial charge in [-0.25, -0.2) is 0 Å². The van der Waals surface area contributed by atoms with Crippen LogP contribution in [-0.4, -0.2) is 32.1 Å². The number of hydrogen-bond donors (Lipinski definition) is 1. The van der Waals surface area contributed by atoms with Crippen LogP contribution in [0.25, 0.3) is 0 Å². The minimum atomic E-state index is 0.410. The summed E-state index contributed by atoms with van der Waals surface area (Å²) in [6.07, 6.45) is 3.85. The van der Waals surface area contributed by atoms with Crippen molar-refractivity contribution < 1.29 is 4.74 Å². The third-order valence-corrected chi connectivity index (χ3v) is 2.36. The molecule has 0 spiro atoms. The van der Waals surface area contributed by atoms with E-state index < -0.39 is 0 Å². The van der Waals surface area contributed by atoms with Gasteiger partial charge in [-0.15, -0.1) is 0 Å². The van der Waals surface area contributed by atoms with Crippen molar-refractivity contribution >= 4 is 11.9 Å². The average Bonchev–Trinajstić information content (AvgIpc) is 2.76. The zero-order chi connectivity index (χ0) is 12.0. The second kappa shape index (κ2) is 6.30. The summed E-state index contributed by atoms with van der Waals surface area (Å²) in [5.74, 6) is 0.958. The molecule has 0 unspecified atom stereocenters. The Morgan fingerprint density at radius 2 is 2.38 bits per heavy atom. The molecule has 16 heavy (non-hydrogen) atoms. The van der Waals surface area contributed by atoms with Crippen molar-refractivity contribution in [1.82, 2.24) is 0 Å². The molecule has 90 valence electrons. The third-order valence-electron chi connectivity index (χ3n) is 2.36. The van der Waals surface area contributed by atoms with Gasteiger partial charge in [-0.05, 0) is 18.8 Å². The standard InChI is InChI=1S/C12H21N3O/c1-9(2)7-14-8-10(12(13)16-3)11-5-4-6-15-11/h8-9H,4-7,13H2,1-3H3. The highest BCUT2D eigenvalue weighted by molar-refractivity contribution is 6.17. The maximum absolute atomic E-state index is 5.80. The molecule has 2 N–H and O–H groups in total. The van der Waals surface area contributed by atoms with Gasteiger partial charge < -0.3 is 10.5 Å². The molecule has 1 rings (SSSR count). The van der Waals surface area contributed by atoms with Crippen molar-refractivity contribution in [3.05, 3.63) is 11.5 Å². The van der Waals surface area contributed by atoms with Gasteiger partial charge in [-0.1, -0.05) is 13.8 Å². The molecule has 0 aliphatic carbocycles. The average molecular weight is 223 g/mol. The predicted octanol–water partition coefficient (Wildman–Crippen LogP) is 1.76. The molecular formula is C12H21N3O. The third kappa shape index (κ3) is 3.68. The Morgan fingerprint density at radius 1 is 1.62 bits per heavy atom. The van der Waals surface area contributed by atoms with Gasteiger partial charge in [0, 0.05) is 25.0 Å². The van der Waals surface area contributed by atoms with Crippen molar-refractivity contribution in [3.8, 4) is 0 Å². The number of allylic oxidation sites excluding steroid dienone is 1. The van der Waals surface area contributed by atoms with E-state index in [-0.39, 0.29) is 0 Å². The van der Waals surface area contributed by atoms with Crippen LogP contribution in [0.5, 0.6) is 0 Å². The molecule has 0 amide bonds. The van der Waals surface area contributed by atoms with Gasteiger partial charge in [0.2, 0.25) is 0 Å². The van der Waals surface area contributed by atoms with E-state index in [1.54, 1.807) is 13.3 Å². The molecule has 0 atom stereocenters. The molecule has 4 heteroatoms. The largest absolute Gasteiger partial charge is 0.482 e. The maximum atomic E-state index is 5.80. The molecule has 0 bridgehead atoms. The summed E-state index contributed by atoms with van der Waals surface area (Å²) in [7, 11) is 1.57. The van der Waals surface area contributed by atoms with E-state index in [1.807, 2.05) is 0 Å². The van der Waals surface area contributed by atoms with E-state index in [1.165, 1.54) is 0 Å². The van der Waals surface area contributed by atoms with E-state index in [0.29, 0.717) is 11.8 Å². The maximum Gasteiger partial charge on any atom is 0.194 e. The van der Waals surface area contributed by atoms with Crippen LogP contribution in [0.3, 0.4) is 0 Å². The highest BCUT2D eigenvalue weighted by Gasteiger charge is 2.14. The van der Waals surface area contributed by atoms with Gasteiger partial charge in [-0.2, -0.15) is 0 Å². The van der Waals surface area contributed by atoms with Gasteiger partial charge in [0.05, 0.1) is 12.7 Å². The fourth-order valence-electron chi connectivity index (χ4n) is 1.50. The lowest BCUT2D eigenvalue weighted by Gasteiger charge is -2.06. The topological polar surface area (TPSA) is 60.0 Å². The molecule has 1 aliphatic rings. The van der Waals surface area contributed by atoms with Crippen LogP contribution in [0, 0.1) is 5.92 Å². The monoisotopic (exact) mass is 223 g/mol. The SMILES string of the molecule is COC(N)=C(C=NCC(C)C)C1=NCCC1. The number of aliphatic imine (C=N–C) groups is 2. The van der Waals surface area contributed by atoms with Crippen molar-refractivity contribution in [2.75, 3.05) is 20.2 Å². The molecule has 0 aromatic heterocycles. The summed E-state index contributed by atoms with van der Waals surface area (Å²) in [4.78, 5) is 8.77. The van der Waals surface area contributed by atoms with Gasteiger partial charge in [-0.3, -0.25) is 9.98 Å². The van der Waals surface area contributed by atoms with Crippen molar-refractivity contribution in [2.24, 2.45) is 21.6 Å². The second-order valence-electron chi connectivity index (χ2n) is 4.30. The number of nitrogens with zero attached hydrogens (tertiary/aromatic N) is 2. The number of ether oxygens (including phenoxy) is 1. The summed E-state index contributed by atoms with van der Waals surface area (Å²) in [6, 6.07) is 0. The summed E-state index contributed by atoms with van der Waals surface area (Å²) in [6.45, 7) is 5.95. The first-order chi connectivity index (χ1) is 7.65. The minimum Gasteiger partial charge on any atom is -0.482 e. The molecule has 0 aromatic carbocycles. The smallest absolute Gasteiger partial charge is 0.194 e. The van der Waals surface area contributed by atoms with E-state index in [4.69, 9.17) is 10.5 Å². The Balaban J connectivity index is 2.77. The highest BCUT2D eigenvalue weighted by atomic mass is 16.5. The molecule has 0 saturated carbocycles. The lowest BCUT2D eigenvalue weighted by Crippen LogP contribution is -2.13.